The van der Waals surface area contributed by atoms with Gasteiger partial charge in [-0.15, -0.1) is 0 Å². The fourth-order valence-electron chi connectivity index (χ4n) is 2.55. The smallest absolute Gasteiger partial charge is 0.243 e. The van der Waals surface area contributed by atoms with E-state index in [-0.39, 0.29) is 12.0 Å². The summed E-state index contributed by atoms with van der Waals surface area (Å²) in [6.07, 6.45) is 3.04. The average molecular weight is 326 g/mol. The molecule has 6 nitrogen and oxygen atoms in total. The monoisotopic (exact) mass is 326 g/mol. The van der Waals surface area contributed by atoms with Crippen molar-refractivity contribution in [3.8, 4) is 0 Å². The number of hydrogen-bond acceptors (Lipinski definition) is 4. The number of hydrogen-bond donors (Lipinski definition) is 1. The second-order valence-corrected chi connectivity index (χ2v) is 7.31. The van der Waals surface area contributed by atoms with Crippen LogP contribution in [0.4, 0.5) is 5.69 Å². The molecule has 1 aromatic carbocycles. The molecule has 7 heteroatoms. The van der Waals surface area contributed by atoms with Crippen molar-refractivity contribution in [3.63, 3.8) is 0 Å². The minimum atomic E-state index is -3.56. The lowest BCUT2D eigenvalue weighted by atomic mass is 10.2. The maximum atomic E-state index is 12.3. The van der Waals surface area contributed by atoms with Crippen LogP contribution in [0.3, 0.4) is 0 Å². The number of carbonyl (C=O) groups is 1. The van der Waals surface area contributed by atoms with Gasteiger partial charge in [0.2, 0.25) is 15.9 Å². The first-order valence-electron chi connectivity index (χ1n) is 7.33. The molecular formula is C15H22N2O4S. The molecule has 1 fully saturated rings. The van der Waals surface area contributed by atoms with E-state index in [1.54, 1.807) is 37.3 Å². The molecule has 0 aromatic heterocycles. The second kappa shape index (κ2) is 7.11. The molecule has 0 bridgehead atoms. The van der Waals surface area contributed by atoms with Crippen molar-refractivity contribution < 1.29 is 17.9 Å². The van der Waals surface area contributed by atoms with Crippen molar-refractivity contribution in [3.05, 3.63) is 30.3 Å². The minimum absolute atomic E-state index is 0.0274. The number of carbonyl (C=O) groups excluding carboxylic acids is 1. The number of anilines is 1. The Bertz CT molecular complexity index is 597. The average Bonchev–Trinajstić information content (AvgIpc) is 2.97. The molecule has 1 aromatic rings. The first-order valence-corrected chi connectivity index (χ1v) is 9.18. The normalized spacial score (nSPS) is 19.6. The first-order chi connectivity index (χ1) is 10.4. The van der Waals surface area contributed by atoms with Crippen molar-refractivity contribution in [1.29, 1.82) is 0 Å². The first kappa shape index (κ1) is 16.8. The number of rotatable bonds is 6. The quantitative estimate of drug-likeness (QED) is 0.850. The zero-order chi connectivity index (χ0) is 16.2. The number of nitrogens with one attached hydrogen (secondary N) is 1. The Balaban J connectivity index is 2.08. The van der Waals surface area contributed by atoms with Crippen molar-refractivity contribution in [2.75, 3.05) is 23.7 Å². The molecule has 2 atom stereocenters. The number of benzene rings is 1. The third kappa shape index (κ3) is 4.20. The van der Waals surface area contributed by atoms with Crippen LogP contribution in [0.2, 0.25) is 0 Å². The van der Waals surface area contributed by atoms with Crippen LogP contribution in [-0.2, 0) is 19.6 Å². The van der Waals surface area contributed by atoms with Crippen molar-refractivity contribution in [2.45, 2.75) is 31.9 Å². The lowest BCUT2D eigenvalue weighted by Gasteiger charge is -2.28. The Hall–Kier alpha value is -1.60. The van der Waals surface area contributed by atoms with E-state index >= 15 is 0 Å². The zero-order valence-corrected chi connectivity index (χ0v) is 13.7. The van der Waals surface area contributed by atoms with Crippen LogP contribution in [0.5, 0.6) is 0 Å². The predicted molar refractivity (Wildman–Crippen MR) is 85.2 cm³/mol. The Kier molecular flexibility index (Phi) is 5.42. The van der Waals surface area contributed by atoms with Gasteiger partial charge in [0.1, 0.15) is 6.04 Å². The van der Waals surface area contributed by atoms with Gasteiger partial charge in [-0.3, -0.25) is 9.10 Å². The zero-order valence-electron chi connectivity index (χ0n) is 12.9. The van der Waals surface area contributed by atoms with Gasteiger partial charge in [-0.05, 0) is 31.9 Å². The highest BCUT2D eigenvalue weighted by molar-refractivity contribution is 7.92. The standard InChI is InChI=1S/C15H22N2O4S/c1-12(15(18)16-11-14-9-6-10-21-14)17(22(2,19)20)13-7-4-3-5-8-13/h3-5,7-8,12,14H,6,9-11H2,1-2H3,(H,16,18)/t12-,14-/m1/s1. The summed E-state index contributed by atoms with van der Waals surface area (Å²) < 4.78 is 30.7. The van der Waals surface area contributed by atoms with Gasteiger partial charge in [0.05, 0.1) is 18.0 Å². The fourth-order valence-corrected chi connectivity index (χ4v) is 3.73. The van der Waals surface area contributed by atoms with E-state index in [0.717, 1.165) is 30.0 Å². The largest absolute Gasteiger partial charge is 0.376 e. The van der Waals surface area contributed by atoms with Gasteiger partial charge in [-0.1, -0.05) is 18.2 Å². The van der Waals surface area contributed by atoms with Gasteiger partial charge in [0.25, 0.3) is 0 Å². The molecule has 0 unspecified atom stereocenters. The number of para-hydroxylation sites is 1. The molecule has 122 valence electrons. The third-order valence-corrected chi connectivity index (χ3v) is 4.87. The number of nitrogens with zero attached hydrogens (tertiary/aromatic N) is 1. The van der Waals surface area contributed by atoms with Crippen LogP contribution >= 0.6 is 0 Å². The van der Waals surface area contributed by atoms with E-state index in [2.05, 4.69) is 5.32 Å². The summed E-state index contributed by atoms with van der Waals surface area (Å²) in [6, 6.07) is 7.80. The van der Waals surface area contributed by atoms with Gasteiger partial charge >= 0.3 is 0 Å². The molecule has 2 rings (SSSR count). The van der Waals surface area contributed by atoms with Gasteiger partial charge < -0.3 is 10.1 Å². The van der Waals surface area contributed by atoms with Gasteiger partial charge in [-0.2, -0.15) is 0 Å². The van der Waals surface area contributed by atoms with E-state index in [1.807, 2.05) is 0 Å². The second-order valence-electron chi connectivity index (χ2n) is 5.45. The van der Waals surface area contributed by atoms with Gasteiger partial charge in [0, 0.05) is 13.2 Å². The Labute approximate surface area is 131 Å². The number of sulfonamides is 1. The molecule has 1 heterocycles. The van der Waals surface area contributed by atoms with Gasteiger partial charge in [-0.25, -0.2) is 8.42 Å². The summed E-state index contributed by atoms with van der Waals surface area (Å²) in [5.41, 5.74) is 0.477. The molecule has 1 amide bonds. The van der Waals surface area contributed by atoms with Crippen LogP contribution in [0.1, 0.15) is 19.8 Å². The Morgan fingerprint density at radius 1 is 1.41 bits per heavy atom. The van der Waals surface area contributed by atoms with E-state index in [4.69, 9.17) is 4.74 Å². The maximum Gasteiger partial charge on any atom is 0.243 e. The van der Waals surface area contributed by atoms with Crippen LogP contribution in [0, 0.1) is 0 Å². The van der Waals surface area contributed by atoms with Crippen LogP contribution < -0.4 is 9.62 Å². The summed E-state index contributed by atoms with van der Waals surface area (Å²) in [5.74, 6) is -0.329. The molecule has 1 aliphatic rings. The lowest BCUT2D eigenvalue weighted by Crippen LogP contribution is -2.49. The summed E-state index contributed by atoms with van der Waals surface area (Å²) in [5, 5.41) is 2.78. The number of ether oxygens (including phenoxy) is 1. The number of amides is 1. The van der Waals surface area contributed by atoms with E-state index in [1.165, 1.54) is 0 Å². The molecular weight excluding hydrogens is 304 g/mol. The molecule has 0 radical (unpaired) electrons. The highest BCUT2D eigenvalue weighted by atomic mass is 32.2. The lowest BCUT2D eigenvalue weighted by molar-refractivity contribution is -0.122. The topological polar surface area (TPSA) is 75.7 Å². The Morgan fingerprint density at radius 2 is 2.09 bits per heavy atom. The van der Waals surface area contributed by atoms with Crippen LogP contribution in [0.25, 0.3) is 0 Å². The molecule has 0 aliphatic carbocycles. The Morgan fingerprint density at radius 3 is 2.64 bits per heavy atom. The van der Waals surface area contributed by atoms with Crippen LogP contribution in [-0.4, -0.2) is 45.9 Å². The molecule has 1 aliphatic heterocycles. The van der Waals surface area contributed by atoms with Crippen LogP contribution in [0.15, 0.2) is 30.3 Å². The molecule has 1 N–H and O–H groups in total. The summed E-state index contributed by atoms with van der Waals surface area (Å²) in [6.45, 7) is 2.71. The molecule has 0 spiro atoms. The summed E-state index contributed by atoms with van der Waals surface area (Å²) in [4.78, 5) is 12.3. The predicted octanol–water partition coefficient (Wildman–Crippen LogP) is 1.14. The van der Waals surface area contributed by atoms with E-state index < -0.39 is 16.1 Å². The fraction of sp³-hybridized carbons (Fsp3) is 0.533. The van der Waals surface area contributed by atoms with E-state index in [9.17, 15) is 13.2 Å². The third-order valence-electron chi connectivity index (χ3n) is 3.63. The molecule has 0 saturated carbocycles. The maximum absolute atomic E-state index is 12.3. The summed E-state index contributed by atoms with van der Waals surface area (Å²) in [7, 11) is -3.56. The highest BCUT2D eigenvalue weighted by Gasteiger charge is 2.29. The minimum Gasteiger partial charge on any atom is -0.376 e. The van der Waals surface area contributed by atoms with Gasteiger partial charge in [0.15, 0.2) is 0 Å². The molecule has 22 heavy (non-hydrogen) atoms. The molecule has 1 saturated heterocycles. The van der Waals surface area contributed by atoms with Crippen molar-refractivity contribution >= 4 is 21.6 Å². The van der Waals surface area contributed by atoms with Crippen molar-refractivity contribution in [2.24, 2.45) is 0 Å². The SMILES string of the molecule is C[C@H](C(=O)NC[C@H]1CCCO1)N(c1ccccc1)S(C)(=O)=O. The summed E-state index contributed by atoms with van der Waals surface area (Å²) >= 11 is 0. The van der Waals surface area contributed by atoms with E-state index in [0.29, 0.717) is 12.2 Å². The highest BCUT2D eigenvalue weighted by Crippen LogP contribution is 2.20. The van der Waals surface area contributed by atoms with Crippen molar-refractivity contribution in [1.82, 2.24) is 5.32 Å².